The molecular formula is C16H26O3. The van der Waals surface area contributed by atoms with Gasteiger partial charge in [-0.1, -0.05) is 13.8 Å². The van der Waals surface area contributed by atoms with Crippen molar-refractivity contribution in [2.24, 2.45) is 35.5 Å². The number of rotatable bonds is 4. The molecule has 0 aromatic carbocycles. The Balaban J connectivity index is 1.57. The number of esters is 1. The van der Waals surface area contributed by atoms with Gasteiger partial charge in [0.2, 0.25) is 0 Å². The van der Waals surface area contributed by atoms with Crippen LogP contribution in [0.25, 0.3) is 0 Å². The van der Waals surface area contributed by atoms with Gasteiger partial charge < -0.3 is 9.84 Å². The van der Waals surface area contributed by atoms with Crippen LogP contribution >= 0.6 is 0 Å². The fourth-order valence-corrected chi connectivity index (χ4v) is 4.73. The molecule has 4 aliphatic carbocycles. The molecule has 4 fully saturated rings. The fraction of sp³-hybridized carbons (Fsp3) is 0.938. The van der Waals surface area contributed by atoms with Gasteiger partial charge in [0.15, 0.2) is 0 Å². The van der Waals surface area contributed by atoms with Crippen LogP contribution in [0.1, 0.15) is 46.0 Å². The van der Waals surface area contributed by atoms with Crippen molar-refractivity contribution in [1.82, 2.24) is 0 Å². The lowest BCUT2D eigenvalue weighted by molar-refractivity contribution is -0.161. The molecule has 0 saturated heterocycles. The Morgan fingerprint density at radius 2 is 1.68 bits per heavy atom. The third kappa shape index (κ3) is 2.31. The van der Waals surface area contributed by atoms with Crippen molar-refractivity contribution in [1.29, 1.82) is 0 Å². The molecule has 0 aromatic rings. The highest BCUT2D eigenvalue weighted by molar-refractivity contribution is 5.71. The van der Waals surface area contributed by atoms with Crippen molar-refractivity contribution in [2.75, 3.05) is 6.61 Å². The molecule has 1 atom stereocenters. The predicted octanol–water partition coefficient (Wildman–Crippen LogP) is 2.62. The second kappa shape index (κ2) is 5.08. The summed E-state index contributed by atoms with van der Waals surface area (Å²) < 4.78 is 5.55. The SMILES string of the molecule is CCC(C)C(=O)OCC1C2CC3CC1CC(C2)C3O. The number of aliphatic hydroxyl groups is 1. The van der Waals surface area contributed by atoms with Crippen molar-refractivity contribution in [3.8, 4) is 0 Å². The van der Waals surface area contributed by atoms with Crippen LogP contribution in [0.4, 0.5) is 0 Å². The predicted molar refractivity (Wildman–Crippen MR) is 72.3 cm³/mol. The Morgan fingerprint density at radius 1 is 1.16 bits per heavy atom. The molecule has 0 radical (unpaired) electrons. The molecule has 4 aliphatic rings. The first-order valence-corrected chi connectivity index (χ1v) is 7.94. The van der Waals surface area contributed by atoms with E-state index in [1.807, 2.05) is 13.8 Å². The van der Waals surface area contributed by atoms with Crippen LogP contribution < -0.4 is 0 Å². The summed E-state index contributed by atoms with van der Waals surface area (Å²) in [7, 11) is 0. The van der Waals surface area contributed by atoms with Crippen molar-refractivity contribution in [2.45, 2.75) is 52.1 Å². The molecule has 3 heteroatoms. The first kappa shape index (κ1) is 13.4. The lowest BCUT2D eigenvalue weighted by atomic mass is 9.51. The van der Waals surface area contributed by atoms with Crippen molar-refractivity contribution >= 4 is 5.97 Å². The summed E-state index contributed by atoms with van der Waals surface area (Å²) in [5, 5.41) is 10.2. The smallest absolute Gasteiger partial charge is 0.308 e. The van der Waals surface area contributed by atoms with Crippen LogP contribution in [0.3, 0.4) is 0 Å². The highest BCUT2D eigenvalue weighted by Crippen LogP contribution is 2.56. The maximum atomic E-state index is 11.8. The number of hydrogen-bond acceptors (Lipinski definition) is 3. The zero-order valence-corrected chi connectivity index (χ0v) is 12.0. The topological polar surface area (TPSA) is 46.5 Å². The zero-order chi connectivity index (χ0) is 13.6. The van der Waals surface area contributed by atoms with E-state index in [0.29, 0.717) is 36.2 Å². The first-order chi connectivity index (χ1) is 9.10. The minimum Gasteiger partial charge on any atom is -0.465 e. The summed E-state index contributed by atoms with van der Waals surface area (Å²) in [5.41, 5.74) is 0. The quantitative estimate of drug-likeness (QED) is 0.796. The van der Waals surface area contributed by atoms with Gasteiger partial charge in [-0.3, -0.25) is 4.79 Å². The van der Waals surface area contributed by atoms with Crippen LogP contribution in [0.15, 0.2) is 0 Å². The van der Waals surface area contributed by atoms with Crippen LogP contribution in [0, 0.1) is 35.5 Å². The van der Waals surface area contributed by atoms with Crippen LogP contribution in [-0.2, 0) is 9.53 Å². The average molecular weight is 266 g/mol. The largest absolute Gasteiger partial charge is 0.465 e. The van der Waals surface area contributed by atoms with E-state index in [1.54, 1.807) is 0 Å². The van der Waals surface area contributed by atoms with Gasteiger partial charge in [0.1, 0.15) is 0 Å². The van der Waals surface area contributed by atoms with Gasteiger partial charge in [-0.05, 0) is 61.7 Å². The van der Waals surface area contributed by atoms with E-state index in [-0.39, 0.29) is 18.0 Å². The van der Waals surface area contributed by atoms with Crippen LogP contribution in [0.2, 0.25) is 0 Å². The van der Waals surface area contributed by atoms with E-state index < -0.39 is 0 Å². The number of hydrogen-bond donors (Lipinski definition) is 1. The molecule has 19 heavy (non-hydrogen) atoms. The third-order valence-electron chi connectivity index (χ3n) is 6.03. The maximum Gasteiger partial charge on any atom is 0.308 e. The summed E-state index contributed by atoms with van der Waals surface area (Å²) in [6.45, 7) is 4.58. The van der Waals surface area contributed by atoms with Gasteiger partial charge in [-0.25, -0.2) is 0 Å². The van der Waals surface area contributed by atoms with Gasteiger partial charge in [-0.2, -0.15) is 0 Å². The Hall–Kier alpha value is -0.570. The van der Waals surface area contributed by atoms with Gasteiger partial charge in [0.05, 0.1) is 18.6 Å². The van der Waals surface area contributed by atoms with E-state index >= 15 is 0 Å². The summed E-state index contributed by atoms with van der Waals surface area (Å²) in [6, 6.07) is 0. The van der Waals surface area contributed by atoms with Crippen molar-refractivity contribution in [3.63, 3.8) is 0 Å². The van der Waals surface area contributed by atoms with Crippen LogP contribution in [0.5, 0.6) is 0 Å². The number of aliphatic hydroxyl groups excluding tert-OH is 1. The van der Waals surface area contributed by atoms with Gasteiger partial charge in [0.25, 0.3) is 0 Å². The lowest BCUT2D eigenvalue weighted by Gasteiger charge is -2.56. The summed E-state index contributed by atoms with van der Waals surface area (Å²) >= 11 is 0. The monoisotopic (exact) mass is 266 g/mol. The molecule has 108 valence electrons. The molecule has 0 amide bonds. The molecule has 4 saturated carbocycles. The summed E-state index contributed by atoms with van der Waals surface area (Å²) in [4.78, 5) is 11.8. The van der Waals surface area contributed by atoms with Gasteiger partial charge in [-0.15, -0.1) is 0 Å². The minimum absolute atomic E-state index is 0.0265. The summed E-state index contributed by atoms with van der Waals surface area (Å²) in [5.74, 6) is 3.00. The Morgan fingerprint density at radius 3 is 2.16 bits per heavy atom. The van der Waals surface area contributed by atoms with Gasteiger partial charge >= 0.3 is 5.97 Å². The molecule has 1 N–H and O–H groups in total. The van der Waals surface area contributed by atoms with E-state index in [1.165, 1.54) is 0 Å². The van der Waals surface area contributed by atoms with E-state index in [0.717, 1.165) is 32.1 Å². The highest BCUT2D eigenvalue weighted by Gasteiger charge is 2.52. The first-order valence-electron chi connectivity index (χ1n) is 7.94. The number of carbonyl (C=O) groups is 1. The molecule has 0 aliphatic heterocycles. The molecular weight excluding hydrogens is 240 g/mol. The van der Waals surface area contributed by atoms with E-state index in [2.05, 4.69) is 0 Å². The molecule has 4 bridgehead atoms. The lowest BCUT2D eigenvalue weighted by Crippen LogP contribution is -2.53. The highest BCUT2D eigenvalue weighted by atomic mass is 16.5. The molecule has 0 spiro atoms. The molecule has 4 rings (SSSR count). The normalized spacial score (nSPS) is 45.2. The maximum absolute atomic E-state index is 11.8. The standard InChI is InChI=1S/C16H26O3/c1-3-9(2)16(18)19-8-14-10-4-12-6-11(14)7-13(5-10)15(12)17/h9-15,17H,3-8H2,1-2H3. The molecule has 0 aromatic heterocycles. The number of ether oxygens (including phenoxy) is 1. The number of carbonyl (C=O) groups excluding carboxylic acids is 1. The van der Waals surface area contributed by atoms with Crippen LogP contribution in [-0.4, -0.2) is 23.8 Å². The zero-order valence-electron chi connectivity index (χ0n) is 12.0. The Labute approximate surface area is 115 Å². The van der Waals surface area contributed by atoms with E-state index in [4.69, 9.17) is 4.74 Å². The third-order valence-corrected chi connectivity index (χ3v) is 6.03. The molecule has 1 unspecified atom stereocenters. The Kier molecular flexibility index (Phi) is 3.59. The fourth-order valence-electron chi connectivity index (χ4n) is 4.73. The Bertz CT molecular complexity index is 322. The van der Waals surface area contributed by atoms with Crippen molar-refractivity contribution in [3.05, 3.63) is 0 Å². The van der Waals surface area contributed by atoms with E-state index in [9.17, 15) is 9.90 Å². The second-order valence-corrected chi connectivity index (χ2v) is 7.08. The van der Waals surface area contributed by atoms with Gasteiger partial charge in [0, 0.05) is 0 Å². The molecule has 0 heterocycles. The molecule has 3 nitrogen and oxygen atoms in total. The van der Waals surface area contributed by atoms with Crippen molar-refractivity contribution < 1.29 is 14.6 Å². The second-order valence-electron chi connectivity index (χ2n) is 7.08. The summed E-state index contributed by atoms with van der Waals surface area (Å²) in [6.07, 6.45) is 5.42. The average Bonchev–Trinajstić information content (AvgIpc) is 2.40. The minimum atomic E-state index is -0.0453.